The van der Waals surface area contributed by atoms with Crippen LogP contribution in [0.25, 0.3) is 6.08 Å². The van der Waals surface area contributed by atoms with E-state index in [1.54, 1.807) is 6.07 Å². The molecule has 0 saturated heterocycles. The van der Waals surface area contributed by atoms with Crippen molar-refractivity contribution in [3.8, 4) is 6.07 Å². The molecule has 0 heterocycles. The number of hydrogen-bond donors (Lipinski definition) is 0. The Labute approximate surface area is 83.5 Å². The first-order valence-electron chi connectivity index (χ1n) is 4.50. The van der Waals surface area contributed by atoms with E-state index in [0.717, 1.165) is 5.56 Å². The van der Waals surface area contributed by atoms with Gasteiger partial charge in [-0.15, -0.1) is 0 Å². The Balaban J connectivity index is 2.99. The van der Waals surface area contributed by atoms with Crippen LogP contribution in [-0.2, 0) is 0 Å². The molecule has 0 aromatic heterocycles. The second-order valence-corrected chi connectivity index (χ2v) is 3.49. The van der Waals surface area contributed by atoms with Gasteiger partial charge in [-0.05, 0) is 29.7 Å². The summed E-state index contributed by atoms with van der Waals surface area (Å²) in [5, 5.41) is 8.62. The lowest BCUT2D eigenvalue weighted by atomic mass is 10.1. The highest BCUT2D eigenvalue weighted by Crippen LogP contribution is 2.11. The molecule has 0 radical (unpaired) electrons. The molecular weight excluding hydrogens is 177 g/mol. The van der Waals surface area contributed by atoms with E-state index in [-0.39, 0.29) is 5.82 Å². The fourth-order valence-corrected chi connectivity index (χ4v) is 1.08. The van der Waals surface area contributed by atoms with Crippen molar-refractivity contribution in [2.75, 3.05) is 0 Å². The van der Waals surface area contributed by atoms with E-state index >= 15 is 0 Å². The molecule has 1 rings (SSSR count). The highest BCUT2D eigenvalue weighted by atomic mass is 19.1. The van der Waals surface area contributed by atoms with Gasteiger partial charge in [0.15, 0.2) is 0 Å². The van der Waals surface area contributed by atoms with Crippen LogP contribution in [-0.4, -0.2) is 0 Å². The number of allylic oxidation sites excluding steroid dienone is 1. The molecule has 0 aliphatic rings. The van der Waals surface area contributed by atoms with Crippen LogP contribution in [0, 0.1) is 23.1 Å². The summed E-state index contributed by atoms with van der Waals surface area (Å²) in [5.41, 5.74) is 1.09. The van der Waals surface area contributed by atoms with Crippen molar-refractivity contribution in [3.05, 3.63) is 41.2 Å². The largest absolute Gasteiger partial charge is 0.207 e. The van der Waals surface area contributed by atoms with E-state index in [1.807, 2.05) is 32.1 Å². The Bertz CT molecular complexity index is 386. The number of rotatable bonds is 2. The van der Waals surface area contributed by atoms with Gasteiger partial charge in [0.25, 0.3) is 0 Å². The summed E-state index contributed by atoms with van der Waals surface area (Å²) in [4.78, 5) is 0. The van der Waals surface area contributed by atoms with Gasteiger partial charge < -0.3 is 0 Å². The highest BCUT2D eigenvalue weighted by molar-refractivity contribution is 5.52. The van der Waals surface area contributed by atoms with Gasteiger partial charge in [0.1, 0.15) is 5.82 Å². The lowest BCUT2D eigenvalue weighted by Gasteiger charge is -1.97. The average molecular weight is 189 g/mol. The van der Waals surface area contributed by atoms with Crippen LogP contribution in [0.15, 0.2) is 24.3 Å². The Morgan fingerprint density at radius 3 is 2.64 bits per heavy atom. The lowest BCUT2D eigenvalue weighted by Crippen LogP contribution is -1.83. The van der Waals surface area contributed by atoms with Crippen molar-refractivity contribution in [1.82, 2.24) is 0 Å². The zero-order valence-electron chi connectivity index (χ0n) is 8.29. The second-order valence-electron chi connectivity index (χ2n) is 3.49. The summed E-state index contributed by atoms with van der Waals surface area (Å²) >= 11 is 0. The van der Waals surface area contributed by atoms with Crippen molar-refractivity contribution in [1.29, 1.82) is 5.26 Å². The normalized spacial score (nSPS) is 10.8. The van der Waals surface area contributed by atoms with Gasteiger partial charge in [0, 0.05) is 0 Å². The van der Waals surface area contributed by atoms with Crippen LogP contribution in [0.5, 0.6) is 0 Å². The van der Waals surface area contributed by atoms with Gasteiger partial charge in [-0.25, -0.2) is 4.39 Å². The average Bonchev–Trinajstić information content (AvgIpc) is 2.14. The number of benzene rings is 1. The molecule has 0 aliphatic carbocycles. The first-order valence-corrected chi connectivity index (χ1v) is 4.50. The molecule has 0 N–H and O–H groups in total. The quantitative estimate of drug-likeness (QED) is 0.699. The zero-order chi connectivity index (χ0) is 10.6. The molecule has 0 fully saturated rings. The molecule has 0 unspecified atom stereocenters. The van der Waals surface area contributed by atoms with Gasteiger partial charge in [0.2, 0.25) is 0 Å². The van der Waals surface area contributed by atoms with E-state index < -0.39 is 0 Å². The first kappa shape index (κ1) is 10.5. The van der Waals surface area contributed by atoms with Crippen LogP contribution in [0.4, 0.5) is 4.39 Å². The third kappa shape index (κ3) is 3.02. The molecule has 0 bridgehead atoms. The van der Waals surface area contributed by atoms with E-state index in [2.05, 4.69) is 0 Å². The van der Waals surface area contributed by atoms with Crippen molar-refractivity contribution in [2.45, 2.75) is 13.8 Å². The molecule has 1 nitrogen and oxygen atoms in total. The third-order valence-corrected chi connectivity index (χ3v) is 1.72. The minimum absolute atomic E-state index is 0.355. The molecule has 0 spiro atoms. The number of nitrogens with zero attached hydrogens (tertiary/aromatic N) is 1. The van der Waals surface area contributed by atoms with Gasteiger partial charge >= 0.3 is 0 Å². The van der Waals surface area contributed by atoms with Gasteiger partial charge in [0.05, 0.1) is 11.6 Å². The minimum Gasteiger partial charge on any atom is -0.207 e. The Morgan fingerprint density at radius 2 is 2.07 bits per heavy atom. The molecule has 0 amide bonds. The molecule has 2 heteroatoms. The summed E-state index contributed by atoms with van der Waals surface area (Å²) in [6.45, 7) is 4.09. The molecule has 0 aliphatic heterocycles. The Kier molecular flexibility index (Phi) is 3.41. The van der Waals surface area contributed by atoms with Crippen LogP contribution < -0.4 is 0 Å². The van der Waals surface area contributed by atoms with E-state index in [9.17, 15) is 4.39 Å². The van der Waals surface area contributed by atoms with E-state index in [1.165, 1.54) is 12.1 Å². The maximum atomic E-state index is 13.0. The van der Waals surface area contributed by atoms with Crippen molar-refractivity contribution in [3.63, 3.8) is 0 Å². The standard InChI is InChI=1S/C12H12FN/c1-9(2)3-4-10-5-11(8-14)7-12(13)6-10/h3-7,9H,1-2H3/b4-3+. The zero-order valence-corrected chi connectivity index (χ0v) is 8.29. The summed E-state index contributed by atoms with van der Waals surface area (Å²) in [6.07, 6.45) is 3.80. The van der Waals surface area contributed by atoms with Crippen LogP contribution in [0.2, 0.25) is 0 Å². The predicted molar refractivity (Wildman–Crippen MR) is 55.0 cm³/mol. The second kappa shape index (κ2) is 4.57. The van der Waals surface area contributed by atoms with Gasteiger partial charge in [-0.2, -0.15) is 5.26 Å². The van der Waals surface area contributed by atoms with Crippen molar-refractivity contribution >= 4 is 6.08 Å². The molecule has 0 atom stereocenters. The number of nitriles is 1. The molecule has 1 aromatic rings. The van der Waals surface area contributed by atoms with Crippen LogP contribution in [0.1, 0.15) is 25.0 Å². The Hall–Kier alpha value is -1.62. The van der Waals surface area contributed by atoms with Gasteiger partial charge in [-0.1, -0.05) is 26.0 Å². The smallest absolute Gasteiger partial charge is 0.125 e. The molecule has 1 aromatic carbocycles. The maximum Gasteiger partial charge on any atom is 0.125 e. The van der Waals surface area contributed by atoms with E-state index in [4.69, 9.17) is 5.26 Å². The summed E-state index contributed by atoms with van der Waals surface area (Å²) in [5.74, 6) is 0.0521. The van der Waals surface area contributed by atoms with Crippen molar-refractivity contribution < 1.29 is 4.39 Å². The molecular formula is C12H12FN. The summed E-state index contributed by atoms with van der Waals surface area (Å²) in [7, 11) is 0. The molecule has 14 heavy (non-hydrogen) atoms. The predicted octanol–water partition coefficient (Wildman–Crippen LogP) is 3.37. The minimum atomic E-state index is -0.368. The molecule has 0 saturated carbocycles. The van der Waals surface area contributed by atoms with E-state index in [0.29, 0.717) is 11.5 Å². The maximum absolute atomic E-state index is 13.0. The van der Waals surface area contributed by atoms with Crippen molar-refractivity contribution in [2.24, 2.45) is 5.92 Å². The number of halogens is 1. The summed E-state index contributed by atoms with van der Waals surface area (Å²) in [6, 6.07) is 6.24. The van der Waals surface area contributed by atoms with Crippen LogP contribution in [0.3, 0.4) is 0 Å². The van der Waals surface area contributed by atoms with Crippen LogP contribution >= 0.6 is 0 Å². The monoisotopic (exact) mass is 189 g/mol. The lowest BCUT2D eigenvalue weighted by molar-refractivity contribution is 0.627. The number of hydrogen-bond acceptors (Lipinski definition) is 1. The first-order chi connectivity index (χ1) is 6.61. The Morgan fingerprint density at radius 1 is 1.36 bits per heavy atom. The topological polar surface area (TPSA) is 23.8 Å². The fourth-order valence-electron chi connectivity index (χ4n) is 1.08. The fraction of sp³-hybridized carbons (Fsp3) is 0.250. The summed E-state index contributed by atoms with van der Waals surface area (Å²) < 4.78 is 13.0. The molecule has 72 valence electrons. The van der Waals surface area contributed by atoms with Gasteiger partial charge in [-0.3, -0.25) is 0 Å². The SMILES string of the molecule is CC(C)/C=C/c1cc(F)cc(C#N)c1. The third-order valence-electron chi connectivity index (χ3n) is 1.72. The highest BCUT2D eigenvalue weighted by Gasteiger charge is 1.97.